The Morgan fingerprint density at radius 2 is 2.00 bits per heavy atom. The fourth-order valence-electron chi connectivity index (χ4n) is 2.37. The lowest BCUT2D eigenvalue weighted by Gasteiger charge is -2.37. The molecule has 98 valence electrons. The average Bonchev–Trinajstić information content (AvgIpc) is 2.27. The van der Waals surface area contributed by atoms with Crippen molar-refractivity contribution in [2.24, 2.45) is 5.73 Å². The topological polar surface area (TPSA) is 62.3 Å². The highest BCUT2D eigenvalue weighted by molar-refractivity contribution is 6.31. The number of nitrogens with two attached hydrogens (primary N) is 1. The Bertz CT molecular complexity index is 454. The summed E-state index contributed by atoms with van der Waals surface area (Å²) < 4.78 is 5.71. The quantitative estimate of drug-likeness (QED) is 0.638. The Labute approximate surface area is 112 Å². The number of amidine groups is 1. The number of ether oxygens (including phenoxy) is 1. The van der Waals surface area contributed by atoms with Crippen molar-refractivity contribution in [2.75, 3.05) is 18.0 Å². The van der Waals surface area contributed by atoms with E-state index in [9.17, 15) is 0 Å². The smallest absolute Gasteiger partial charge is 0.124 e. The number of benzene rings is 1. The second-order valence-electron chi connectivity index (χ2n) is 4.74. The van der Waals surface area contributed by atoms with Gasteiger partial charge in [-0.05, 0) is 32.0 Å². The molecular weight excluding hydrogens is 250 g/mol. The van der Waals surface area contributed by atoms with Gasteiger partial charge < -0.3 is 15.4 Å². The summed E-state index contributed by atoms with van der Waals surface area (Å²) in [5.74, 6) is 0.0410. The molecule has 2 rings (SSSR count). The molecule has 5 heteroatoms. The normalized spacial score (nSPS) is 24.1. The van der Waals surface area contributed by atoms with Gasteiger partial charge in [-0.15, -0.1) is 0 Å². The molecule has 0 spiro atoms. The van der Waals surface area contributed by atoms with Crippen LogP contribution in [0.5, 0.6) is 0 Å². The molecule has 1 heterocycles. The molecule has 1 fully saturated rings. The lowest BCUT2D eigenvalue weighted by Crippen LogP contribution is -2.46. The van der Waals surface area contributed by atoms with E-state index in [-0.39, 0.29) is 18.0 Å². The van der Waals surface area contributed by atoms with Crippen molar-refractivity contribution in [3.05, 3.63) is 28.8 Å². The van der Waals surface area contributed by atoms with Crippen molar-refractivity contribution in [1.29, 1.82) is 5.41 Å². The fraction of sp³-hybridized carbons (Fsp3) is 0.462. The first kappa shape index (κ1) is 13.2. The molecule has 4 nitrogen and oxygen atoms in total. The van der Waals surface area contributed by atoms with Crippen molar-refractivity contribution in [3.8, 4) is 0 Å². The van der Waals surface area contributed by atoms with Crippen LogP contribution in [0.2, 0.25) is 5.02 Å². The van der Waals surface area contributed by atoms with E-state index < -0.39 is 0 Å². The Morgan fingerprint density at radius 1 is 1.39 bits per heavy atom. The van der Waals surface area contributed by atoms with Gasteiger partial charge in [0, 0.05) is 29.4 Å². The molecule has 2 atom stereocenters. The Hall–Kier alpha value is -1.26. The summed E-state index contributed by atoms with van der Waals surface area (Å²) in [5, 5.41) is 8.25. The Morgan fingerprint density at radius 3 is 2.56 bits per heavy atom. The van der Waals surface area contributed by atoms with E-state index >= 15 is 0 Å². The van der Waals surface area contributed by atoms with Crippen LogP contribution in [0.4, 0.5) is 5.69 Å². The van der Waals surface area contributed by atoms with Crippen molar-refractivity contribution in [3.63, 3.8) is 0 Å². The molecular formula is C13H18ClN3O. The third kappa shape index (κ3) is 2.76. The molecule has 0 amide bonds. The highest BCUT2D eigenvalue weighted by Gasteiger charge is 2.24. The number of nitrogens with one attached hydrogen (secondary N) is 1. The minimum atomic E-state index is 0.0410. The van der Waals surface area contributed by atoms with E-state index in [0.717, 1.165) is 18.8 Å². The summed E-state index contributed by atoms with van der Waals surface area (Å²) in [4.78, 5) is 2.20. The number of morpholine rings is 1. The third-order valence-corrected chi connectivity index (χ3v) is 3.24. The van der Waals surface area contributed by atoms with Crippen LogP contribution in [0.3, 0.4) is 0 Å². The van der Waals surface area contributed by atoms with E-state index in [1.165, 1.54) is 0 Å². The fourth-order valence-corrected chi connectivity index (χ4v) is 2.55. The molecule has 1 saturated heterocycles. The van der Waals surface area contributed by atoms with Gasteiger partial charge in [0.1, 0.15) is 5.84 Å². The van der Waals surface area contributed by atoms with Gasteiger partial charge in [-0.1, -0.05) is 11.6 Å². The third-order valence-electron chi connectivity index (χ3n) is 3.01. The summed E-state index contributed by atoms with van der Waals surface area (Å²) in [6.45, 7) is 5.69. The lowest BCUT2D eigenvalue weighted by molar-refractivity contribution is -0.00522. The number of hydrogen-bond acceptors (Lipinski definition) is 3. The van der Waals surface area contributed by atoms with Gasteiger partial charge in [0.2, 0.25) is 0 Å². The molecule has 0 aliphatic carbocycles. The van der Waals surface area contributed by atoms with Gasteiger partial charge in [0.25, 0.3) is 0 Å². The van der Waals surface area contributed by atoms with Crippen LogP contribution in [0.15, 0.2) is 18.2 Å². The van der Waals surface area contributed by atoms with Gasteiger partial charge in [0.15, 0.2) is 0 Å². The Kier molecular flexibility index (Phi) is 3.78. The van der Waals surface area contributed by atoms with Gasteiger partial charge in [-0.25, -0.2) is 0 Å². The van der Waals surface area contributed by atoms with E-state index in [2.05, 4.69) is 4.90 Å². The van der Waals surface area contributed by atoms with Crippen molar-refractivity contribution >= 4 is 23.1 Å². The molecule has 1 aromatic carbocycles. The van der Waals surface area contributed by atoms with Crippen molar-refractivity contribution in [1.82, 2.24) is 0 Å². The zero-order valence-corrected chi connectivity index (χ0v) is 11.4. The van der Waals surface area contributed by atoms with Crippen LogP contribution in [0.1, 0.15) is 19.4 Å². The summed E-state index contributed by atoms with van der Waals surface area (Å²) in [7, 11) is 0. The maximum Gasteiger partial charge on any atom is 0.124 e. The van der Waals surface area contributed by atoms with E-state index in [0.29, 0.717) is 10.6 Å². The number of anilines is 1. The molecule has 0 aromatic heterocycles. The van der Waals surface area contributed by atoms with Gasteiger partial charge >= 0.3 is 0 Å². The first-order valence-corrected chi connectivity index (χ1v) is 6.39. The summed E-state index contributed by atoms with van der Waals surface area (Å²) >= 11 is 5.96. The summed E-state index contributed by atoms with van der Waals surface area (Å²) in [5.41, 5.74) is 7.26. The van der Waals surface area contributed by atoms with Gasteiger partial charge in [-0.2, -0.15) is 0 Å². The van der Waals surface area contributed by atoms with Crippen LogP contribution in [-0.4, -0.2) is 31.1 Å². The van der Waals surface area contributed by atoms with Crippen LogP contribution >= 0.6 is 11.6 Å². The van der Waals surface area contributed by atoms with Crippen LogP contribution in [-0.2, 0) is 4.74 Å². The first-order valence-electron chi connectivity index (χ1n) is 6.01. The maximum atomic E-state index is 7.65. The van der Waals surface area contributed by atoms with E-state index in [1.807, 2.05) is 26.0 Å². The van der Waals surface area contributed by atoms with E-state index in [1.54, 1.807) is 6.07 Å². The maximum absolute atomic E-state index is 7.65. The predicted octanol–water partition coefficient (Wildman–Crippen LogP) is 2.24. The predicted molar refractivity (Wildman–Crippen MR) is 74.7 cm³/mol. The molecule has 1 aliphatic heterocycles. The minimum Gasteiger partial charge on any atom is -0.384 e. The van der Waals surface area contributed by atoms with Crippen molar-refractivity contribution < 1.29 is 4.74 Å². The summed E-state index contributed by atoms with van der Waals surface area (Å²) in [6, 6.07) is 5.49. The largest absolute Gasteiger partial charge is 0.384 e. The number of nitrogens with zero attached hydrogens (tertiary/aromatic N) is 1. The molecule has 0 radical (unpaired) electrons. The van der Waals surface area contributed by atoms with Gasteiger partial charge in [-0.3, -0.25) is 5.41 Å². The molecule has 1 aliphatic rings. The van der Waals surface area contributed by atoms with Crippen LogP contribution < -0.4 is 10.6 Å². The SMILES string of the molecule is C[C@@H]1CN(c2ccc(Cl)cc2C(=N)N)C[C@H](C)O1. The Balaban J connectivity index is 2.35. The first-order chi connectivity index (χ1) is 8.47. The second kappa shape index (κ2) is 5.16. The molecule has 0 unspecified atom stereocenters. The monoisotopic (exact) mass is 267 g/mol. The number of nitrogen functional groups attached to an aromatic ring is 1. The van der Waals surface area contributed by atoms with Crippen LogP contribution in [0.25, 0.3) is 0 Å². The molecule has 18 heavy (non-hydrogen) atoms. The van der Waals surface area contributed by atoms with E-state index in [4.69, 9.17) is 27.5 Å². The number of halogens is 1. The molecule has 1 aromatic rings. The lowest BCUT2D eigenvalue weighted by atomic mass is 10.1. The van der Waals surface area contributed by atoms with Crippen LogP contribution in [0, 0.1) is 5.41 Å². The average molecular weight is 268 g/mol. The second-order valence-corrected chi connectivity index (χ2v) is 5.17. The zero-order chi connectivity index (χ0) is 13.3. The number of hydrogen-bond donors (Lipinski definition) is 2. The standard InChI is InChI=1S/C13H18ClN3O/c1-8-6-17(7-9(2)18-8)12-4-3-10(14)5-11(12)13(15)16/h3-5,8-9H,6-7H2,1-2H3,(H3,15,16)/t8-,9+. The van der Waals surface area contributed by atoms with Gasteiger partial charge in [0.05, 0.1) is 12.2 Å². The molecule has 3 N–H and O–H groups in total. The molecule has 0 saturated carbocycles. The summed E-state index contributed by atoms with van der Waals surface area (Å²) in [6.07, 6.45) is 0.341. The minimum absolute atomic E-state index is 0.0410. The van der Waals surface area contributed by atoms with Crippen molar-refractivity contribution in [2.45, 2.75) is 26.1 Å². The number of rotatable bonds is 2. The molecule has 0 bridgehead atoms. The highest BCUT2D eigenvalue weighted by Crippen LogP contribution is 2.26. The zero-order valence-electron chi connectivity index (χ0n) is 10.6. The highest BCUT2D eigenvalue weighted by atomic mass is 35.5.